The highest BCUT2D eigenvalue weighted by atomic mass is 32.2. The zero-order valence-corrected chi connectivity index (χ0v) is 14.4. The highest BCUT2D eigenvalue weighted by Crippen LogP contribution is 2.19. The molecule has 2 heterocycles. The van der Waals surface area contributed by atoms with Crippen molar-refractivity contribution in [3.8, 4) is 11.4 Å². The Balaban J connectivity index is 1.93. The Morgan fingerprint density at radius 3 is 2.42 bits per heavy atom. The fraction of sp³-hybridized carbons (Fsp3) is 0.438. The zero-order chi connectivity index (χ0) is 17.2. The Morgan fingerprint density at radius 2 is 1.79 bits per heavy atom. The maximum Gasteiger partial charge on any atom is 0.267 e. The van der Waals surface area contributed by atoms with Crippen molar-refractivity contribution in [1.29, 1.82) is 0 Å². The van der Waals surface area contributed by atoms with Gasteiger partial charge in [-0.1, -0.05) is 30.3 Å². The van der Waals surface area contributed by atoms with Crippen molar-refractivity contribution in [2.75, 3.05) is 19.3 Å². The predicted octanol–water partition coefficient (Wildman–Crippen LogP) is 1.36. The van der Waals surface area contributed by atoms with Crippen LogP contribution in [0.4, 0.5) is 0 Å². The Kier molecular flexibility index (Phi) is 4.66. The lowest BCUT2D eigenvalue weighted by molar-refractivity contribution is -0.132. The van der Waals surface area contributed by atoms with Crippen molar-refractivity contribution in [3.05, 3.63) is 30.3 Å². The second-order valence-electron chi connectivity index (χ2n) is 5.96. The molecule has 1 aliphatic rings. The summed E-state index contributed by atoms with van der Waals surface area (Å²) in [6.07, 6.45) is 4.21. The molecule has 1 fully saturated rings. The standard InChI is InChI=1S/C16H20N4O3S/c1-24(22,23)16-17-15(13-8-4-2-5-9-13)20(18-16)12-14(21)19-10-6-3-7-11-19/h2,4-5,8-9H,3,6-7,10-12H2,1H3. The number of likely N-dealkylation sites (tertiary alicyclic amines) is 1. The van der Waals surface area contributed by atoms with E-state index in [-0.39, 0.29) is 17.6 Å². The van der Waals surface area contributed by atoms with Crippen LogP contribution in [0, 0.1) is 0 Å². The van der Waals surface area contributed by atoms with Gasteiger partial charge in [0.25, 0.3) is 5.16 Å². The van der Waals surface area contributed by atoms with E-state index in [0.29, 0.717) is 5.82 Å². The molecular weight excluding hydrogens is 328 g/mol. The summed E-state index contributed by atoms with van der Waals surface area (Å²) >= 11 is 0. The molecule has 3 rings (SSSR count). The molecule has 0 saturated carbocycles. The van der Waals surface area contributed by atoms with E-state index < -0.39 is 9.84 Å². The van der Waals surface area contributed by atoms with Crippen LogP contribution in [0.2, 0.25) is 0 Å². The Bertz CT molecular complexity index is 824. The monoisotopic (exact) mass is 348 g/mol. The second-order valence-corrected chi connectivity index (χ2v) is 7.86. The van der Waals surface area contributed by atoms with E-state index >= 15 is 0 Å². The predicted molar refractivity (Wildman–Crippen MR) is 89.0 cm³/mol. The van der Waals surface area contributed by atoms with Crippen LogP contribution in [-0.4, -0.2) is 53.3 Å². The van der Waals surface area contributed by atoms with Crippen LogP contribution in [0.3, 0.4) is 0 Å². The number of carbonyl (C=O) groups excluding carboxylic acids is 1. The third kappa shape index (κ3) is 3.64. The Morgan fingerprint density at radius 1 is 1.12 bits per heavy atom. The number of amides is 1. The Labute approximate surface area is 141 Å². The average molecular weight is 348 g/mol. The van der Waals surface area contributed by atoms with Crippen LogP contribution in [0.25, 0.3) is 11.4 Å². The summed E-state index contributed by atoms with van der Waals surface area (Å²) in [4.78, 5) is 18.4. The van der Waals surface area contributed by atoms with E-state index in [1.54, 1.807) is 4.90 Å². The second kappa shape index (κ2) is 6.72. The zero-order valence-electron chi connectivity index (χ0n) is 13.6. The number of benzene rings is 1. The number of nitrogens with zero attached hydrogens (tertiary/aromatic N) is 4. The van der Waals surface area contributed by atoms with Gasteiger partial charge in [-0.3, -0.25) is 4.79 Å². The lowest BCUT2D eigenvalue weighted by Crippen LogP contribution is -2.38. The third-order valence-electron chi connectivity index (χ3n) is 4.01. The van der Waals surface area contributed by atoms with Gasteiger partial charge >= 0.3 is 0 Å². The van der Waals surface area contributed by atoms with Crippen molar-refractivity contribution in [1.82, 2.24) is 19.7 Å². The summed E-state index contributed by atoms with van der Waals surface area (Å²) in [6.45, 7) is 1.48. The summed E-state index contributed by atoms with van der Waals surface area (Å²) in [5.41, 5.74) is 0.728. The minimum absolute atomic E-state index is 0.00719. The highest BCUT2D eigenvalue weighted by Gasteiger charge is 2.23. The minimum atomic E-state index is -3.54. The van der Waals surface area contributed by atoms with E-state index in [2.05, 4.69) is 10.1 Å². The van der Waals surface area contributed by atoms with Crippen LogP contribution in [0.1, 0.15) is 19.3 Å². The Hall–Kier alpha value is -2.22. The molecule has 0 N–H and O–H groups in total. The summed E-state index contributed by atoms with van der Waals surface area (Å²) in [6, 6.07) is 9.16. The van der Waals surface area contributed by atoms with Crippen molar-refractivity contribution in [3.63, 3.8) is 0 Å². The maximum absolute atomic E-state index is 12.5. The van der Waals surface area contributed by atoms with E-state index in [1.807, 2.05) is 30.3 Å². The van der Waals surface area contributed by atoms with Crippen LogP contribution in [0.5, 0.6) is 0 Å². The van der Waals surface area contributed by atoms with E-state index in [0.717, 1.165) is 44.2 Å². The first kappa shape index (κ1) is 16.6. The number of carbonyl (C=O) groups is 1. The average Bonchev–Trinajstić information content (AvgIpc) is 3.00. The molecule has 1 aliphatic heterocycles. The summed E-state index contributed by atoms with van der Waals surface area (Å²) in [5, 5.41) is 3.81. The normalized spacial score (nSPS) is 15.5. The van der Waals surface area contributed by atoms with Gasteiger partial charge < -0.3 is 4.90 Å². The van der Waals surface area contributed by atoms with Gasteiger partial charge in [0.15, 0.2) is 5.82 Å². The molecule has 1 amide bonds. The van der Waals surface area contributed by atoms with Crippen LogP contribution in [0.15, 0.2) is 35.5 Å². The molecule has 7 nitrogen and oxygen atoms in total. The van der Waals surface area contributed by atoms with Crippen LogP contribution in [-0.2, 0) is 21.2 Å². The first-order valence-corrected chi connectivity index (χ1v) is 9.82. The van der Waals surface area contributed by atoms with Crippen molar-refractivity contribution >= 4 is 15.7 Å². The topological polar surface area (TPSA) is 85.2 Å². The molecule has 0 unspecified atom stereocenters. The first-order valence-electron chi connectivity index (χ1n) is 7.93. The fourth-order valence-corrected chi connectivity index (χ4v) is 3.26. The molecule has 24 heavy (non-hydrogen) atoms. The van der Waals surface area contributed by atoms with E-state index in [4.69, 9.17) is 0 Å². The maximum atomic E-state index is 12.5. The van der Waals surface area contributed by atoms with Gasteiger partial charge in [-0.15, -0.1) is 5.10 Å². The number of hydrogen-bond acceptors (Lipinski definition) is 5. The van der Waals surface area contributed by atoms with E-state index in [1.165, 1.54) is 4.68 Å². The molecule has 1 aromatic carbocycles. The van der Waals surface area contributed by atoms with Crippen LogP contribution < -0.4 is 0 Å². The largest absolute Gasteiger partial charge is 0.341 e. The number of sulfone groups is 1. The number of aromatic nitrogens is 3. The molecule has 0 aliphatic carbocycles. The molecule has 1 saturated heterocycles. The smallest absolute Gasteiger partial charge is 0.267 e. The molecular formula is C16H20N4O3S. The number of piperidine rings is 1. The molecule has 2 aromatic rings. The molecule has 1 aromatic heterocycles. The fourth-order valence-electron chi connectivity index (χ4n) is 2.76. The van der Waals surface area contributed by atoms with Crippen molar-refractivity contribution in [2.45, 2.75) is 31.0 Å². The van der Waals surface area contributed by atoms with Crippen molar-refractivity contribution in [2.24, 2.45) is 0 Å². The number of rotatable bonds is 4. The molecule has 8 heteroatoms. The lowest BCUT2D eigenvalue weighted by Gasteiger charge is -2.26. The highest BCUT2D eigenvalue weighted by molar-refractivity contribution is 7.90. The van der Waals surface area contributed by atoms with Gasteiger partial charge in [0.05, 0.1) is 0 Å². The van der Waals surface area contributed by atoms with Gasteiger partial charge in [-0.25, -0.2) is 13.1 Å². The molecule has 0 spiro atoms. The molecule has 128 valence electrons. The minimum Gasteiger partial charge on any atom is -0.341 e. The summed E-state index contributed by atoms with van der Waals surface area (Å²) in [5.74, 6) is 0.332. The lowest BCUT2D eigenvalue weighted by atomic mass is 10.1. The first-order chi connectivity index (χ1) is 11.4. The van der Waals surface area contributed by atoms with Gasteiger partial charge in [0.2, 0.25) is 15.7 Å². The van der Waals surface area contributed by atoms with Gasteiger partial charge in [-0.2, -0.15) is 4.98 Å². The van der Waals surface area contributed by atoms with Crippen LogP contribution >= 0.6 is 0 Å². The summed E-state index contributed by atoms with van der Waals surface area (Å²) < 4.78 is 25.0. The third-order valence-corrected chi connectivity index (χ3v) is 4.85. The number of hydrogen-bond donors (Lipinski definition) is 0. The van der Waals surface area contributed by atoms with Crippen molar-refractivity contribution < 1.29 is 13.2 Å². The van der Waals surface area contributed by atoms with Gasteiger partial charge in [0.1, 0.15) is 6.54 Å². The molecule has 0 bridgehead atoms. The molecule has 0 radical (unpaired) electrons. The quantitative estimate of drug-likeness (QED) is 0.833. The summed E-state index contributed by atoms with van der Waals surface area (Å²) in [7, 11) is -3.54. The SMILES string of the molecule is CS(=O)(=O)c1nc(-c2ccccc2)n(CC(=O)N2CCCCC2)n1. The molecule has 0 atom stereocenters. The van der Waals surface area contributed by atoms with E-state index in [9.17, 15) is 13.2 Å². The van der Waals surface area contributed by atoms with Gasteiger partial charge in [-0.05, 0) is 19.3 Å². The van der Waals surface area contributed by atoms with Gasteiger partial charge in [0, 0.05) is 24.9 Å².